The van der Waals surface area contributed by atoms with Crippen molar-refractivity contribution in [2.75, 3.05) is 20.3 Å². The van der Waals surface area contributed by atoms with Gasteiger partial charge >= 0.3 is 0 Å². The SMILES string of the molecule is COc1ccccc1N=Nc1c(-c2ccc3c(c2)OCCO3)[nH][nH]c1=O. The maximum absolute atomic E-state index is 12.2. The number of azo groups is 1. The Bertz CT molecular complexity index is 1020. The van der Waals surface area contributed by atoms with Crippen molar-refractivity contribution in [3.05, 3.63) is 52.8 Å². The van der Waals surface area contributed by atoms with Crippen molar-refractivity contribution in [2.45, 2.75) is 0 Å². The van der Waals surface area contributed by atoms with Crippen LogP contribution in [0.3, 0.4) is 0 Å². The quantitative estimate of drug-likeness (QED) is 0.701. The van der Waals surface area contributed by atoms with E-state index >= 15 is 0 Å². The van der Waals surface area contributed by atoms with Crippen molar-refractivity contribution in [2.24, 2.45) is 10.2 Å². The number of fused-ring (bicyclic) bond motifs is 1. The fraction of sp³-hybridized carbons (Fsp3) is 0.167. The first-order chi connectivity index (χ1) is 12.8. The van der Waals surface area contributed by atoms with Crippen molar-refractivity contribution in [1.29, 1.82) is 0 Å². The van der Waals surface area contributed by atoms with Gasteiger partial charge in [-0.2, -0.15) is 0 Å². The number of nitrogens with one attached hydrogen (secondary N) is 2. The Labute approximate surface area is 148 Å². The highest BCUT2D eigenvalue weighted by Crippen LogP contribution is 2.36. The number of benzene rings is 2. The molecule has 2 N–H and O–H groups in total. The molecule has 132 valence electrons. The molecule has 4 rings (SSSR count). The lowest BCUT2D eigenvalue weighted by atomic mass is 10.1. The van der Waals surface area contributed by atoms with E-state index < -0.39 is 0 Å². The van der Waals surface area contributed by atoms with Gasteiger partial charge in [-0.3, -0.25) is 15.0 Å². The maximum atomic E-state index is 12.2. The molecule has 2 aromatic carbocycles. The number of aromatic nitrogens is 2. The number of H-pyrrole nitrogens is 2. The minimum absolute atomic E-state index is 0.174. The largest absolute Gasteiger partial charge is 0.494 e. The number of aromatic amines is 2. The molecule has 1 aromatic heterocycles. The van der Waals surface area contributed by atoms with Crippen LogP contribution in [0.1, 0.15) is 0 Å². The molecule has 0 radical (unpaired) electrons. The van der Waals surface area contributed by atoms with Crippen LogP contribution < -0.4 is 19.8 Å². The Morgan fingerprint density at radius 3 is 2.65 bits per heavy atom. The maximum Gasteiger partial charge on any atom is 0.292 e. The first-order valence-electron chi connectivity index (χ1n) is 8.01. The molecule has 1 aliphatic rings. The number of methoxy groups -OCH3 is 1. The van der Waals surface area contributed by atoms with Crippen LogP contribution in [-0.4, -0.2) is 30.5 Å². The highest BCUT2D eigenvalue weighted by atomic mass is 16.6. The van der Waals surface area contributed by atoms with E-state index in [2.05, 4.69) is 20.4 Å². The molecule has 0 atom stereocenters. The van der Waals surface area contributed by atoms with Crippen LogP contribution in [0.5, 0.6) is 17.2 Å². The van der Waals surface area contributed by atoms with Crippen molar-refractivity contribution < 1.29 is 14.2 Å². The fourth-order valence-corrected chi connectivity index (χ4v) is 2.67. The Morgan fingerprint density at radius 1 is 1.00 bits per heavy atom. The molecular formula is C18H16N4O4. The van der Waals surface area contributed by atoms with Crippen LogP contribution in [-0.2, 0) is 0 Å². The minimum Gasteiger partial charge on any atom is -0.494 e. The molecule has 0 spiro atoms. The van der Waals surface area contributed by atoms with Crippen LogP contribution >= 0.6 is 0 Å². The number of nitrogens with zero attached hydrogens (tertiary/aromatic N) is 2. The van der Waals surface area contributed by atoms with E-state index in [0.29, 0.717) is 41.8 Å². The minimum atomic E-state index is -0.367. The summed E-state index contributed by atoms with van der Waals surface area (Å²) < 4.78 is 16.4. The van der Waals surface area contributed by atoms with E-state index in [0.717, 1.165) is 5.56 Å². The van der Waals surface area contributed by atoms with E-state index in [1.165, 1.54) is 0 Å². The van der Waals surface area contributed by atoms with Gasteiger partial charge in [-0.05, 0) is 30.3 Å². The molecule has 8 nitrogen and oxygen atoms in total. The summed E-state index contributed by atoms with van der Waals surface area (Å²) >= 11 is 0. The molecule has 3 aromatic rings. The molecule has 0 saturated carbocycles. The van der Waals surface area contributed by atoms with Gasteiger partial charge in [-0.15, -0.1) is 10.2 Å². The lowest BCUT2D eigenvalue weighted by Crippen LogP contribution is -2.15. The second-order valence-electron chi connectivity index (χ2n) is 5.53. The average molecular weight is 352 g/mol. The number of hydrogen-bond donors (Lipinski definition) is 2. The molecular weight excluding hydrogens is 336 g/mol. The van der Waals surface area contributed by atoms with E-state index in [1.807, 2.05) is 18.2 Å². The number of rotatable bonds is 4. The lowest BCUT2D eigenvalue weighted by molar-refractivity contribution is 0.171. The molecule has 0 amide bonds. The third kappa shape index (κ3) is 2.92. The van der Waals surface area contributed by atoms with Gasteiger partial charge in [0.2, 0.25) is 0 Å². The monoisotopic (exact) mass is 352 g/mol. The van der Waals surface area contributed by atoms with Gasteiger partial charge in [0.1, 0.15) is 24.7 Å². The van der Waals surface area contributed by atoms with E-state index in [-0.39, 0.29) is 11.2 Å². The van der Waals surface area contributed by atoms with Gasteiger partial charge in [-0.25, -0.2) is 0 Å². The second-order valence-corrected chi connectivity index (χ2v) is 5.53. The Morgan fingerprint density at radius 2 is 1.81 bits per heavy atom. The number of para-hydroxylation sites is 1. The molecule has 0 bridgehead atoms. The molecule has 26 heavy (non-hydrogen) atoms. The van der Waals surface area contributed by atoms with Gasteiger partial charge < -0.3 is 14.2 Å². The second kappa shape index (κ2) is 6.75. The summed E-state index contributed by atoms with van der Waals surface area (Å²) in [4.78, 5) is 12.2. The highest BCUT2D eigenvalue weighted by Gasteiger charge is 2.17. The summed E-state index contributed by atoms with van der Waals surface area (Å²) in [5, 5.41) is 13.7. The smallest absolute Gasteiger partial charge is 0.292 e. The zero-order valence-electron chi connectivity index (χ0n) is 14.0. The molecule has 1 aliphatic heterocycles. The van der Waals surface area contributed by atoms with E-state index in [9.17, 15) is 4.79 Å². The average Bonchev–Trinajstić information content (AvgIpc) is 3.06. The predicted molar refractivity (Wildman–Crippen MR) is 95.0 cm³/mol. The predicted octanol–water partition coefficient (Wildman–Crippen LogP) is 3.57. The number of ether oxygens (including phenoxy) is 3. The van der Waals surface area contributed by atoms with Gasteiger partial charge in [0.15, 0.2) is 17.2 Å². The third-order valence-corrected chi connectivity index (χ3v) is 3.93. The van der Waals surface area contributed by atoms with Crippen molar-refractivity contribution >= 4 is 11.4 Å². The molecule has 0 aliphatic carbocycles. The first-order valence-corrected chi connectivity index (χ1v) is 8.01. The Hall–Kier alpha value is -3.55. The topological polar surface area (TPSA) is 101 Å². The van der Waals surface area contributed by atoms with Crippen molar-refractivity contribution in [1.82, 2.24) is 10.2 Å². The summed E-state index contributed by atoms with van der Waals surface area (Å²) in [7, 11) is 1.55. The van der Waals surface area contributed by atoms with Gasteiger partial charge in [0.25, 0.3) is 5.56 Å². The molecule has 8 heteroatoms. The zero-order chi connectivity index (χ0) is 17.9. The van der Waals surface area contributed by atoms with Gasteiger partial charge in [0.05, 0.1) is 12.8 Å². The van der Waals surface area contributed by atoms with Crippen molar-refractivity contribution in [3.63, 3.8) is 0 Å². The summed E-state index contributed by atoms with van der Waals surface area (Å²) in [6, 6.07) is 12.6. The van der Waals surface area contributed by atoms with Crippen LogP contribution in [0.15, 0.2) is 57.5 Å². The van der Waals surface area contributed by atoms with Crippen molar-refractivity contribution in [3.8, 4) is 28.5 Å². The normalized spacial score (nSPS) is 13.1. The summed E-state index contributed by atoms with van der Waals surface area (Å²) in [6.07, 6.45) is 0. The molecule has 0 fully saturated rings. The van der Waals surface area contributed by atoms with Gasteiger partial charge in [-0.1, -0.05) is 12.1 Å². The Balaban J connectivity index is 1.72. The first kappa shape index (κ1) is 15.9. The molecule has 0 unspecified atom stereocenters. The summed E-state index contributed by atoms with van der Waals surface area (Å²) in [5.74, 6) is 1.88. The number of hydrogen-bond acceptors (Lipinski definition) is 6. The lowest BCUT2D eigenvalue weighted by Gasteiger charge is -2.18. The Kier molecular flexibility index (Phi) is 4.14. The third-order valence-electron chi connectivity index (χ3n) is 3.93. The molecule has 0 saturated heterocycles. The highest BCUT2D eigenvalue weighted by molar-refractivity contribution is 5.73. The zero-order valence-corrected chi connectivity index (χ0v) is 14.0. The van der Waals surface area contributed by atoms with Crippen LogP contribution in [0, 0.1) is 0 Å². The fourth-order valence-electron chi connectivity index (χ4n) is 2.67. The standard InChI is InChI=1S/C18H16N4O4/c1-24-13-5-3-2-4-12(13)19-21-17-16(20-22-18(17)23)11-6-7-14-15(10-11)26-9-8-25-14/h2-7,10H,8-9H2,1H3,(H2,20,22,23). The van der Waals surface area contributed by atoms with E-state index in [4.69, 9.17) is 14.2 Å². The summed E-state index contributed by atoms with van der Waals surface area (Å²) in [6.45, 7) is 1.01. The summed E-state index contributed by atoms with van der Waals surface area (Å²) in [5.41, 5.74) is 1.59. The van der Waals surface area contributed by atoms with Crippen LogP contribution in [0.25, 0.3) is 11.3 Å². The van der Waals surface area contributed by atoms with Crippen LogP contribution in [0.4, 0.5) is 11.4 Å². The van der Waals surface area contributed by atoms with Gasteiger partial charge in [0, 0.05) is 5.56 Å². The van der Waals surface area contributed by atoms with Crippen LogP contribution in [0.2, 0.25) is 0 Å². The van der Waals surface area contributed by atoms with E-state index in [1.54, 1.807) is 31.4 Å². The molecule has 2 heterocycles.